The largest absolute Gasteiger partial charge is 0.338 e. The summed E-state index contributed by atoms with van der Waals surface area (Å²) < 4.78 is 0. The van der Waals surface area contributed by atoms with Crippen LogP contribution in [0.3, 0.4) is 0 Å². The van der Waals surface area contributed by atoms with Crippen molar-refractivity contribution < 1.29 is 9.59 Å². The van der Waals surface area contributed by atoms with Gasteiger partial charge < -0.3 is 5.73 Å². The van der Waals surface area contributed by atoms with Crippen LogP contribution in [0, 0.1) is 5.92 Å². The van der Waals surface area contributed by atoms with Gasteiger partial charge in [0.15, 0.2) is 0 Å². The average molecular weight is 230 g/mol. The summed E-state index contributed by atoms with van der Waals surface area (Å²) >= 11 is 0. The number of carbonyl (C=O) groups excluding carboxylic acids is 2. The number of urea groups is 1. The Balaban J connectivity index is 4.08. The number of hydrogen-bond donors (Lipinski definition) is 3. The molecular weight excluding hydrogens is 208 g/mol. The van der Waals surface area contributed by atoms with E-state index in [4.69, 9.17) is 11.6 Å². The Morgan fingerprint density at radius 1 is 1.38 bits per heavy atom. The van der Waals surface area contributed by atoms with Crippen LogP contribution in [0.2, 0.25) is 0 Å². The molecule has 6 heteroatoms. The van der Waals surface area contributed by atoms with E-state index in [1.54, 1.807) is 0 Å². The van der Waals surface area contributed by atoms with Crippen LogP contribution in [0.5, 0.6) is 0 Å². The minimum Gasteiger partial charge on any atom is -0.320 e. The van der Waals surface area contributed by atoms with Gasteiger partial charge in [-0.05, 0) is 12.3 Å². The van der Waals surface area contributed by atoms with E-state index in [2.05, 4.69) is 5.32 Å². The third-order valence-corrected chi connectivity index (χ3v) is 2.26. The van der Waals surface area contributed by atoms with Gasteiger partial charge in [-0.25, -0.2) is 10.6 Å². The Bertz CT molecular complexity index is 243. The van der Waals surface area contributed by atoms with Crippen LogP contribution >= 0.6 is 0 Å². The number of imide groups is 1. The van der Waals surface area contributed by atoms with Crippen molar-refractivity contribution in [3.05, 3.63) is 0 Å². The quantitative estimate of drug-likeness (QED) is 0.356. The van der Waals surface area contributed by atoms with E-state index >= 15 is 0 Å². The molecule has 5 N–H and O–H groups in total. The van der Waals surface area contributed by atoms with Gasteiger partial charge in [0.05, 0.1) is 6.04 Å². The minimum atomic E-state index is -0.691. The zero-order chi connectivity index (χ0) is 12.7. The number of nitrogens with zero attached hydrogens (tertiary/aromatic N) is 1. The summed E-state index contributed by atoms with van der Waals surface area (Å²) in [6, 6.07) is -1.29. The summed E-state index contributed by atoms with van der Waals surface area (Å²) in [5.74, 6) is 4.94. The summed E-state index contributed by atoms with van der Waals surface area (Å²) in [7, 11) is 0. The van der Waals surface area contributed by atoms with Crippen LogP contribution in [-0.2, 0) is 4.79 Å². The van der Waals surface area contributed by atoms with Gasteiger partial charge in [-0.1, -0.05) is 27.2 Å². The monoisotopic (exact) mass is 230 g/mol. The Morgan fingerprint density at radius 2 is 1.94 bits per heavy atom. The number of rotatable bonds is 5. The molecule has 6 nitrogen and oxygen atoms in total. The third-order valence-electron chi connectivity index (χ3n) is 2.26. The zero-order valence-corrected chi connectivity index (χ0v) is 10.2. The maximum Gasteiger partial charge on any atom is 0.338 e. The molecule has 0 aliphatic carbocycles. The molecule has 94 valence electrons. The molecule has 0 bridgehead atoms. The normalized spacial score (nSPS) is 12.4. The molecule has 1 atom stereocenters. The molecule has 0 heterocycles. The smallest absolute Gasteiger partial charge is 0.320 e. The van der Waals surface area contributed by atoms with E-state index < -0.39 is 18.0 Å². The van der Waals surface area contributed by atoms with Crippen molar-refractivity contribution in [1.82, 2.24) is 10.3 Å². The Kier molecular flexibility index (Phi) is 6.67. The van der Waals surface area contributed by atoms with Gasteiger partial charge in [0.25, 0.3) is 0 Å². The second-order valence-electron chi connectivity index (χ2n) is 4.11. The molecule has 0 aromatic carbocycles. The highest BCUT2D eigenvalue weighted by atomic mass is 16.2. The van der Waals surface area contributed by atoms with Gasteiger partial charge in [0.1, 0.15) is 0 Å². The van der Waals surface area contributed by atoms with E-state index in [-0.39, 0.29) is 5.92 Å². The van der Waals surface area contributed by atoms with E-state index in [1.165, 1.54) is 0 Å². The SMILES string of the molecule is CCCCN(N)C(=O)NC(=O)C(N)C(C)C. The number of nitrogens with two attached hydrogens (primary N) is 2. The minimum absolute atomic E-state index is 0.0188. The lowest BCUT2D eigenvalue weighted by Crippen LogP contribution is -2.52. The van der Waals surface area contributed by atoms with Crippen molar-refractivity contribution in [2.75, 3.05) is 6.54 Å². The first-order chi connectivity index (χ1) is 7.40. The summed E-state index contributed by atoms with van der Waals surface area (Å²) in [6.07, 6.45) is 1.73. The fourth-order valence-electron chi connectivity index (χ4n) is 0.993. The molecule has 3 amide bonds. The molecule has 0 saturated heterocycles. The lowest BCUT2D eigenvalue weighted by Gasteiger charge is -2.19. The number of hydrogen-bond acceptors (Lipinski definition) is 4. The van der Waals surface area contributed by atoms with Crippen LogP contribution in [0.25, 0.3) is 0 Å². The van der Waals surface area contributed by atoms with E-state index in [0.717, 1.165) is 17.9 Å². The van der Waals surface area contributed by atoms with Crippen LogP contribution in [-0.4, -0.2) is 29.5 Å². The van der Waals surface area contributed by atoms with Gasteiger partial charge in [0.2, 0.25) is 5.91 Å². The topological polar surface area (TPSA) is 101 Å². The lowest BCUT2D eigenvalue weighted by atomic mass is 10.1. The third kappa shape index (κ3) is 5.09. The second kappa shape index (κ2) is 7.19. The molecule has 0 aromatic heterocycles. The summed E-state index contributed by atoms with van der Waals surface area (Å²) in [4.78, 5) is 22.8. The van der Waals surface area contributed by atoms with Crippen LogP contribution in [0.15, 0.2) is 0 Å². The lowest BCUT2D eigenvalue weighted by molar-refractivity contribution is -0.122. The number of hydrazine groups is 1. The first-order valence-corrected chi connectivity index (χ1v) is 5.52. The highest BCUT2D eigenvalue weighted by molar-refractivity contribution is 5.96. The van der Waals surface area contributed by atoms with Gasteiger partial charge in [-0.3, -0.25) is 15.1 Å². The first-order valence-electron chi connectivity index (χ1n) is 5.52. The van der Waals surface area contributed by atoms with Crippen molar-refractivity contribution >= 4 is 11.9 Å². The molecule has 0 fully saturated rings. The molecular formula is C10H22N4O2. The van der Waals surface area contributed by atoms with Crippen LogP contribution in [0.1, 0.15) is 33.6 Å². The predicted octanol–water partition coefficient (Wildman–Crippen LogP) is 0.182. The van der Waals surface area contributed by atoms with Crippen molar-refractivity contribution in [2.24, 2.45) is 17.5 Å². The van der Waals surface area contributed by atoms with E-state index in [1.807, 2.05) is 20.8 Å². The molecule has 0 aromatic rings. The molecule has 0 aliphatic rings. The van der Waals surface area contributed by atoms with Crippen molar-refractivity contribution in [1.29, 1.82) is 0 Å². The number of nitrogens with one attached hydrogen (secondary N) is 1. The van der Waals surface area contributed by atoms with Gasteiger partial charge in [-0.15, -0.1) is 0 Å². The molecule has 0 aliphatic heterocycles. The highest BCUT2D eigenvalue weighted by Crippen LogP contribution is 1.98. The van der Waals surface area contributed by atoms with E-state index in [0.29, 0.717) is 6.54 Å². The first kappa shape index (κ1) is 14.9. The van der Waals surface area contributed by atoms with Gasteiger partial charge >= 0.3 is 6.03 Å². The van der Waals surface area contributed by atoms with Crippen LogP contribution in [0.4, 0.5) is 4.79 Å². The maximum absolute atomic E-state index is 11.4. The summed E-state index contributed by atoms with van der Waals surface area (Å²) in [5.41, 5.74) is 5.58. The number of amides is 3. The van der Waals surface area contributed by atoms with Gasteiger partial charge in [0, 0.05) is 6.54 Å². The van der Waals surface area contributed by atoms with Crippen molar-refractivity contribution in [2.45, 2.75) is 39.7 Å². The van der Waals surface area contributed by atoms with Crippen molar-refractivity contribution in [3.63, 3.8) is 0 Å². The van der Waals surface area contributed by atoms with Gasteiger partial charge in [-0.2, -0.15) is 0 Å². The fraction of sp³-hybridized carbons (Fsp3) is 0.800. The second-order valence-corrected chi connectivity index (χ2v) is 4.11. The average Bonchev–Trinajstić information content (AvgIpc) is 2.24. The molecule has 0 radical (unpaired) electrons. The molecule has 0 spiro atoms. The van der Waals surface area contributed by atoms with Crippen LogP contribution < -0.4 is 16.9 Å². The zero-order valence-electron chi connectivity index (χ0n) is 10.2. The van der Waals surface area contributed by atoms with Crippen molar-refractivity contribution in [3.8, 4) is 0 Å². The standard InChI is InChI=1S/C10H22N4O2/c1-4-5-6-14(12)10(16)13-9(15)8(11)7(2)3/h7-8H,4-6,11-12H2,1-3H3,(H,13,15,16). The Hall–Kier alpha value is -1.14. The number of unbranched alkanes of at least 4 members (excludes halogenated alkanes) is 1. The summed E-state index contributed by atoms with van der Waals surface area (Å²) in [6.45, 7) is 6.04. The Morgan fingerprint density at radius 3 is 2.38 bits per heavy atom. The number of carbonyl (C=O) groups is 2. The highest BCUT2D eigenvalue weighted by Gasteiger charge is 2.20. The maximum atomic E-state index is 11.4. The molecule has 16 heavy (non-hydrogen) atoms. The summed E-state index contributed by atoms with van der Waals surface area (Å²) in [5, 5.41) is 3.16. The Labute approximate surface area is 96.3 Å². The predicted molar refractivity (Wildman–Crippen MR) is 62.2 cm³/mol. The molecule has 0 rings (SSSR count). The van der Waals surface area contributed by atoms with E-state index in [9.17, 15) is 9.59 Å². The molecule has 1 unspecified atom stereocenters. The fourth-order valence-corrected chi connectivity index (χ4v) is 0.993. The molecule has 0 saturated carbocycles.